The minimum atomic E-state index is -3.82. The molecule has 2 unspecified atom stereocenters. The maximum absolute atomic E-state index is 12.2. The van der Waals surface area contributed by atoms with Crippen LogP contribution in [0.1, 0.15) is 19.8 Å². The summed E-state index contributed by atoms with van der Waals surface area (Å²) in [7, 11) is -3.82. The standard InChI is InChI=1S/C13H20N4O3S/c1-9-7-10(5-6-15-9)13(18)16-11-3-2-4-12(8-11)17-21(14,19)20/h2-4,8-10,15,17H,5-7H2,1H3,(H,16,18)(H2,14,19,20). The molecule has 0 spiro atoms. The van der Waals surface area contributed by atoms with Crippen molar-refractivity contribution in [2.45, 2.75) is 25.8 Å². The molecule has 116 valence electrons. The predicted octanol–water partition coefficient (Wildman–Crippen LogP) is 0.629. The molecular formula is C13H20N4O3S. The Morgan fingerprint density at radius 1 is 1.38 bits per heavy atom. The minimum absolute atomic E-state index is 0.0314. The fourth-order valence-electron chi connectivity index (χ4n) is 2.44. The van der Waals surface area contributed by atoms with Crippen LogP contribution in [0.2, 0.25) is 0 Å². The Hall–Kier alpha value is -1.64. The van der Waals surface area contributed by atoms with E-state index < -0.39 is 10.2 Å². The first-order valence-corrected chi connectivity index (χ1v) is 8.33. The SMILES string of the molecule is CC1CC(C(=O)Nc2cccc(NS(N)(=O)=O)c2)CCN1. The number of nitrogens with two attached hydrogens (primary N) is 1. The molecule has 21 heavy (non-hydrogen) atoms. The Balaban J connectivity index is 2.02. The van der Waals surface area contributed by atoms with Crippen molar-refractivity contribution >= 4 is 27.5 Å². The highest BCUT2D eigenvalue weighted by Gasteiger charge is 2.24. The van der Waals surface area contributed by atoms with Crippen molar-refractivity contribution in [3.05, 3.63) is 24.3 Å². The minimum Gasteiger partial charge on any atom is -0.326 e. The highest BCUT2D eigenvalue weighted by atomic mass is 32.2. The molecule has 1 aromatic rings. The molecule has 1 amide bonds. The van der Waals surface area contributed by atoms with E-state index in [1.165, 1.54) is 6.07 Å². The Bertz CT molecular complexity index is 618. The van der Waals surface area contributed by atoms with Crippen LogP contribution in [-0.4, -0.2) is 26.9 Å². The van der Waals surface area contributed by atoms with Crippen LogP contribution in [0.25, 0.3) is 0 Å². The number of amides is 1. The van der Waals surface area contributed by atoms with Gasteiger partial charge in [-0.3, -0.25) is 9.52 Å². The van der Waals surface area contributed by atoms with Gasteiger partial charge in [-0.05, 0) is 44.5 Å². The summed E-state index contributed by atoms with van der Waals surface area (Å²) in [4.78, 5) is 12.2. The molecule has 7 nitrogen and oxygen atoms in total. The van der Waals surface area contributed by atoms with E-state index in [0.717, 1.165) is 19.4 Å². The summed E-state index contributed by atoms with van der Waals surface area (Å²) >= 11 is 0. The monoisotopic (exact) mass is 312 g/mol. The Morgan fingerprint density at radius 2 is 2.10 bits per heavy atom. The number of rotatable bonds is 4. The zero-order valence-electron chi connectivity index (χ0n) is 11.8. The maximum Gasteiger partial charge on any atom is 0.296 e. The van der Waals surface area contributed by atoms with Gasteiger partial charge >= 0.3 is 0 Å². The van der Waals surface area contributed by atoms with Crippen LogP contribution >= 0.6 is 0 Å². The molecule has 1 aliphatic rings. The second-order valence-corrected chi connectivity index (χ2v) is 6.59. The summed E-state index contributed by atoms with van der Waals surface area (Å²) in [5.41, 5.74) is 0.855. The fourth-order valence-corrected chi connectivity index (χ4v) is 2.89. The van der Waals surface area contributed by atoms with Crippen LogP contribution in [0.5, 0.6) is 0 Å². The maximum atomic E-state index is 12.2. The molecule has 5 N–H and O–H groups in total. The predicted molar refractivity (Wildman–Crippen MR) is 82.0 cm³/mol. The molecule has 0 aromatic heterocycles. The molecule has 0 bridgehead atoms. The lowest BCUT2D eigenvalue weighted by Gasteiger charge is -2.27. The van der Waals surface area contributed by atoms with Gasteiger partial charge in [0.1, 0.15) is 0 Å². The lowest BCUT2D eigenvalue weighted by molar-refractivity contribution is -0.120. The van der Waals surface area contributed by atoms with Crippen LogP contribution in [0.3, 0.4) is 0 Å². The first kappa shape index (κ1) is 15.7. The lowest BCUT2D eigenvalue weighted by Crippen LogP contribution is -2.40. The number of nitrogens with one attached hydrogen (secondary N) is 3. The Morgan fingerprint density at radius 3 is 2.76 bits per heavy atom. The molecule has 1 saturated heterocycles. The third-order valence-electron chi connectivity index (χ3n) is 3.38. The van der Waals surface area contributed by atoms with Gasteiger partial charge in [-0.1, -0.05) is 6.07 Å². The Labute approximate surface area is 124 Å². The van der Waals surface area contributed by atoms with Crippen molar-refractivity contribution in [1.82, 2.24) is 5.32 Å². The van der Waals surface area contributed by atoms with Crippen molar-refractivity contribution in [3.63, 3.8) is 0 Å². The summed E-state index contributed by atoms with van der Waals surface area (Å²) in [5.74, 6) is -0.0767. The number of hydrogen-bond donors (Lipinski definition) is 4. The summed E-state index contributed by atoms with van der Waals surface area (Å²) in [5, 5.41) is 11.0. The van der Waals surface area contributed by atoms with Gasteiger partial charge in [0, 0.05) is 17.6 Å². The zero-order chi connectivity index (χ0) is 15.5. The van der Waals surface area contributed by atoms with Gasteiger partial charge < -0.3 is 10.6 Å². The summed E-state index contributed by atoms with van der Waals surface area (Å²) in [6.07, 6.45) is 1.59. The lowest BCUT2D eigenvalue weighted by atomic mass is 9.92. The normalized spacial score (nSPS) is 22.6. The van der Waals surface area contributed by atoms with Gasteiger partial charge in [0.25, 0.3) is 10.2 Å². The number of hydrogen-bond acceptors (Lipinski definition) is 4. The second-order valence-electron chi connectivity index (χ2n) is 5.29. The number of benzene rings is 1. The first-order valence-electron chi connectivity index (χ1n) is 6.78. The number of carbonyl (C=O) groups excluding carboxylic acids is 1. The van der Waals surface area contributed by atoms with Crippen molar-refractivity contribution in [1.29, 1.82) is 0 Å². The highest BCUT2D eigenvalue weighted by Crippen LogP contribution is 2.20. The third-order valence-corrected chi connectivity index (χ3v) is 3.90. The topological polar surface area (TPSA) is 113 Å². The molecule has 1 heterocycles. The molecule has 2 rings (SSSR count). The molecule has 0 radical (unpaired) electrons. The van der Waals surface area contributed by atoms with E-state index in [1.54, 1.807) is 18.2 Å². The van der Waals surface area contributed by atoms with Gasteiger partial charge in [-0.25, -0.2) is 5.14 Å². The Kier molecular flexibility index (Phi) is 4.81. The van der Waals surface area contributed by atoms with Gasteiger partial charge in [0.05, 0.1) is 5.69 Å². The zero-order valence-corrected chi connectivity index (χ0v) is 12.6. The third kappa shape index (κ3) is 5.00. The molecule has 0 aliphatic carbocycles. The van der Waals surface area contributed by atoms with E-state index in [4.69, 9.17) is 5.14 Å². The van der Waals surface area contributed by atoms with E-state index in [1.807, 2.05) is 0 Å². The molecule has 0 saturated carbocycles. The molecule has 1 aliphatic heterocycles. The van der Waals surface area contributed by atoms with Crippen LogP contribution in [0, 0.1) is 5.92 Å². The molecular weight excluding hydrogens is 292 g/mol. The van der Waals surface area contributed by atoms with Crippen LogP contribution in [0.15, 0.2) is 24.3 Å². The number of anilines is 2. The van der Waals surface area contributed by atoms with E-state index in [9.17, 15) is 13.2 Å². The van der Waals surface area contributed by atoms with Crippen molar-refractivity contribution in [2.75, 3.05) is 16.6 Å². The molecule has 1 fully saturated rings. The second kappa shape index (κ2) is 6.42. The highest BCUT2D eigenvalue weighted by molar-refractivity contribution is 7.90. The van der Waals surface area contributed by atoms with E-state index in [2.05, 4.69) is 22.3 Å². The quantitative estimate of drug-likeness (QED) is 0.653. The van der Waals surface area contributed by atoms with E-state index in [0.29, 0.717) is 17.4 Å². The van der Waals surface area contributed by atoms with Gasteiger partial charge in [-0.15, -0.1) is 0 Å². The molecule has 8 heteroatoms. The van der Waals surface area contributed by atoms with Crippen molar-refractivity contribution < 1.29 is 13.2 Å². The van der Waals surface area contributed by atoms with E-state index in [-0.39, 0.29) is 11.8 Å². The number of carbonyl (C=O) groups is 1. The molecule has 1 aromatic carbocycles. The molecule has 2 atom stereocenters. The first-order chi connectivity index (χ1) is 9.83. The van der Waals surface area contributed by atoms with Gasteiger partial charge in [-0.2, -0.15) is 8.42 Å². The summed E-state index contributed by atoms with van der Waals surface area (Å²) in [6, 6.07) is 6.77. The average Bonchev–Trinajstić information content (AvgIpc) is 2.37. The van der Waals surface area contributed by atoms with Crippen LogP contribution < -0.4 is 20.5 Å². The van der Waals surface area contributed by atoms with Gasteiger partial charge in [0.15, 0.2) is 0 Å². The van der Waals surface area contributed by atoms with E-state index >= 15 is 0 Å². The smallest absolute Gasteiger partial charge is 0.296 e. The summed E-state index contributed by atoms with van der Waals surface area (Å²) in [6.45, 7) is 2.88. The van der Waals surface area contributed by atoms with Crippen LogP contribution in [-0.2, 0) is 15.0 Å². The van der Waals surface area contributed by atoms with Crippen molar-refractivity contribution in [3.8, 4) is 0 Å². The fraction of sp³-hybridized carbons (Fsp3) is 0.462. The largest absolute Gasteiger partial charge is 0.326 e. The number of piperidine rings is 1. The average molecular weight is 312 g/mol. The summed E-state index contributed by atoms with van der Waals surface area (Å²) < 4.78 is 24.1. The van der Waals surface area contributed by atoms with Gasteiger partial charge in [0.2, 0.25) is 5.91 Å². The van der Waals surface area contributed by atoms with Crippen LogP contribution in [0.4, 0.5) is 11.4 Å². The van der Waals surface area contributed by atoms with Crippen molar-refractivity contribution in [2.24, 2.45) is 11.1 Å².